The molecule has 106 valence electrons. The van der Waals surface area contributed by atoms with Crippen molar-refractivity contribution >= 4 is 17.2 Å². The molecule has 0 saturated carbocycles. The minimum atomic E-state index is -0.321. The predicted molar refractivity (Wildman–Crippen MR) is 81.4 cm³/mol. The number of anilines is 3. The van der Waals surface area contributed by atoms with Gasteiger partial charge in [-0.15, -0.1) is 0 Å². The highest BCUT2D eigenvalue weighted by molar-refractivity contribution is 5.61. The lowest BCUT2D eigenvalue weighted by atomic mass is 10.1. The molecule has 2 rings (SSSR count). The molecule has 0 unspecified atom stereocenters. The van der Waals surface area contributed by atoms with E-state index < -0.39 is 0 Å². The number of aromatic nitrogens is 2. The number of nitrogens with two attached hydrogens (primary N) is 2. The molecule has 0 saturated heterocycles. The van der Waals surface area contributed by atoms with Crippen LogP contribution >= 0.6 is 0 Å². The van der Waals surface area contributed by atoms with Crippen molar-refractivity contribution in [2.45, 2.75) is 26.4 Å². The SMILES string of the molecule is CC(C)N(Cc1ccc(N)cc1)c1nc[nH]c(=O)c1N. The van der Waals surface area contributed by atoms with E-state index in [9.17, 15) is 4.79 Å². The van der Waals surface area contributed by atoms with Crippen LogP contribution in [0.15, 0.2) is 35.4 Å². The number of H-pyrrole nitrogens is 1. The van der Waals surface area contributed by atoms with Gasteiger partial charge in [0, 0.05) is 18.3 Å². The van der Waals surface area contributed by atoms with E-state index >= 15 is 0 Å². The van der Waals surface area contributed by atoms with Crippen molar-refractivity contribution in [3.63, 3.8) is 0 Å². The Morgan fingerprint density at radius 1 is 1.25 bits per heavy atom. The summed E-state index contributed by atoms with van der Waals surface area (Å²) < 4.78 is 0. The average molecular weight is 273 g/mol. The van der Waals surface area contributed by atoms with E-state index in [1.54, 1.807) is 0 Å². The van der Waals surface area contributed by atoms with E-state index in [1.807, 2.05) is 43.0 Å². The third-order valence-electron chi connectivity index (χ3n) is 3.10. The van der Waals surface area contributed by atoms with Crippen molar-refractivity contribution in [2.24, 2.45) is 0 Å². The van der Waals surface area contributed by atoms with Crippen molar-refractivity contribution in [1.82, 2.24) is 9.97 Å². The van der Waals surface area contributed by atoms with Crippen LogP contribution in [0.1, 0.15) is 19.4 Å². The van der Waals surface area contributed by atoms with Gasteiger partial charge in [-0.25, -0.2) is 4.98 Å². The molecular formula is C14H19N5O. The molecule has 0 fully saturated rings. The van der Waals surface area contributed by atoms with Gasteiger partial charge in [0.15, 0.2) is 5.82 Å². The standard InChI is InChI=1S/C14H19N5O/c1-9(2)19(7-10-3-5-11(15)6-4-10)13-12(16)14(20)18-8-17-13/h3-6,8-9H,7,15-16H2,1-2H3,(H,17,18,20). The molecule has 0 bridgehead atoms. The Kier molecular flexibility index (Phi) is 3.93. The van der Waals surface area contributed by atoms with E-state index in [0.717, 1.165) is 11.3 Å². The smallest absolute Gasteiger partial charge is 0.276 e. The number of hydrogen-bond donors (Lipinski definition) is 3. The fourth-order valence-corrected chi connectivity index (χ4v) is 1.95. The topological polar surface area (TPSA) is 101 Å². The molecule has 6 nitrogen and oxygen atoms in total. The Labute approximate surface area is 117 Å². The Hall–Kier alpha value is -2.50. The maximum Gasteiger partial charge on any atom is 0.276 e. The Balaban J connectivity index is 2.34. The zero-order valence-electron chi connectivity index (χ0n) is 11.6. The molecule has 6 heteroatoms. The van der Waals surface area contributed by atoms with Crippen LogP contribution in [0.3, 0.4) is 0 Å². The summed E-state index contributed by atoms with van der Waals surface area (Å²) in [5.74, 6) is 0.501. The zero-order chi connectivity index (χ0) is 14.7. The van der Waals surface area contributed by atoms with Gasteiger partial charge in [-0.2, -0.15) is 0 Å². The number of benzene rings is 1. The lowest BCUT2D eigenvalue weighted by Gasteiger charge is -2.28. The van der Waals surface area contributed by atoms with E-state index in [2.05, 4.69) is 9.97 Å². The van der Waals surface area contributed by atoms with Gasteiger partial charge < -0.3 is 21.4 Å². The van der Waals surface area contributed by atoms with Gasteiger partial charge in [0.25, 0.3) is 5.56 Å². The van der Waals surface area contributed by atoms with Gasteiger partial charge in [0.1, 0.15) is 5.69 Å². The highest BCUT2D eigenvalue weighted by Gasteiger charge is 2.17. The molecule has 0 aliphatic rings. The highest BCUT2D eigenvalue weighted by atomic mass is 16.1. The first kappa shape index (κ1) is 13.9. The van der Waals surface area contributed by atoms with Crippen molar-refractivity contribution in [3.05, 3.63) is 46.5 Å². The van der Waals surface area contributed by atoms with Crippen LogP contribution < -0.4 is 21.9 Å². The maximum atomic E-state index is 11.6. The monoisotopic (exact) mass is 273 g/mol. The summed E-state index contributed by atoms with van der Waals surface area (Å²) in [6, 6.07) is 7.76. The number of nitrogens with zero attached hydrogens (tertiary/aromatic N) is 2. The molecule has 0 amide bonds. The quantitative estimate of drug-likeness (QED) is 0.730. The lowest BCUT2D eigenvalue weighted by molar-refractivity contribution is 0.672. The predicted octanol–water partition coefficient (Wildman–Crippen LogP) is 1.35. The van der Waals surface area contributed by atoms with Gasteiger partial charge in [0.2, 0.25) is 0 Å². The van der Waals surface area contributed by atoms with E-state index in [1.165, 1.54) is 6.33 Å². The molecule has 0 spiro atoms. The Bertz CT molecular complexity index is 633. The van der Waals surface area contributed by atoms with Gasteiger partial charge in [-0.05, 0) is 31.5 Å². The lowest BCUT2D eigenvalue weighted by Crippen LogP contribution is -2.33. The van der Waals surface area contributed by atoms with Crippen molar-refractivity contribution in [1.29, 1.82) is 0 Å². The number of hydrogen-bond acceptors (Lipinski definition) is 5. The van der Waals surface area contributed by atoms with Crippen LogP contribution in [0.4, 0.5) is 17.2 Å². The zero-order valence-corrected chi connectivity index (χ0v) is 11.6. The molecule has 0 radical (unpaired) electrons. The molecule has 0 atom stereocenters. The molecule has 1 aromatic heterocycles. The van der Waals surface area contributed by atoms with E-state index in [-0.39, 0.29) is 17.3 Å². The Morgan fingerprint density at radius 3 is 2.50 bits per heavy atom. The van der Waals surface area contributed by atoms with Gasteiger partial charge in [-0.3, -0.25) is 4.79 Å². The second-order valence-corrected chi connectivity index (χ2v) is 4.93. The molecule has 5 N–H and O–H groups in total. The summed E-state index contributed by atoms with van der Waals surface area (Å²) in [7, 11) is 0. The Morgan fingerprint density at radius 2 is 1.90 bits per heavy atom. The molecule has 2 aromatic rings. The number of nitrogen functional groups attached to an aromatic ring is 2. The number of nitrogens with one attached hydrogen (secondary N) is 1. The van der Waals surface area contributed by atoms with Crippen molar-refractivity contribution < 1.29 is 0 Å². The van der Waals surface area contributed by atoms with Crippen LogP contribution in [0.25, 0.3) is 0 Å². The summed E-state index contributed by atoms with van der Waals surface area (Å²) in [6.45, 7) is 4.66. The summed E-state index contributed by atoms with van der Waals surface area (Å²) in [5, 5.41) is 0. The minimum Gasteiger partial charge on any atom is -0.399 e. The fraction of sp³-hybridized carbons (Fsp3) is 0.286. The molecule has 0 aliphatic carbocycles. The molecule has 1 aromatic carbocycles. The maximum absolute atomic E-state index is 11.6. The van der Waals surface area contributed by atoms with E-state index in [0.29, 0.717) is 12.4 Å². The first-order chi connectivity index (χ1) is 9.49. The number of aromatic amines is 1. The third kappa shape index (κ3) is 2.90. The summed E-state index contributed by atoms with van der Waals surface area (Å²) in [4.78, 5) is 20.2. The number of rotatable bonds is 4. The van der Waals surface area contributed by atoms with E-state index in [4.69, 9.17) is 11.5 Å². The normalized spacial score (nSPS) is 10.8. The van der Waals surface area contributed by atoms with Crippen molar-refractivity contribution in [2.75, 3.05) is 16.4 Å². The molecule has 20 heavy (non-hydrogen) atoms. The second kappa shape index (κ2) is 5.64. The van der Waals surface area contributed by atoms with Gasteiger partial charge in [-0.1, -0.05) is 12.1 Å². The minimum absolute atomic E-state index is 0.136. The average Bonchev–Trinajstić information content (AvgIpc) is 2.41. The summed E-state index contributed by atoms with van der Waals surface area (Å²) >= 11 is 0. The first-order valence-electron chi connectivity index (χ1n) is 6.43. The first-order valence-corrected chi connectivity index (χ1v) is 6.43. The van der Waals surface area contributed by atoms with Crippen LogP contribution in [0, 0.1) is 0 Å². The van der Waals surface area contributed by atoms with Gasteiger partial charge in [0.05, 0.1) is 6.33 Å². The summed E-state index contributed by atoms with van der Waals surface area (Å²) in [5.41, 5.74) is 13.1. The second-order valence-electron chi connectivity index (χ2n) is 4.93. The fourth-order valence-electron chi connectivity index (χ4n) is 1.95. The van der Waals surface area contributed by atoms with Crippen LogP contribution in [0.5, 0.6) is 0 Å². The highest BCUT2D eigenvalue weighted by Crippen LogP contribution is 2.21. The van der Waals surface area contributed by atoms with Gasteiger partial charge >= 0.3 is 0 Å². The van der Waals surface area contributed by atoms with Crippen LogP contribution in [0.2, 0.25) is 0 Å². The largest absolute Gasteiger partial charge is 0.399 e. The van der Waals surface area contributed by atoms with Crippen LogP contribution in [-0.4, -0.2) is 16.0 Å². The van der Waals surface area contributed by atoms with Crippen molar-refractivity contribution in [3.8, 4) is 0 Å². The third-order valence-corrected chi connectivity index (χ3v) is 3.10. The molecule has 1 heterocycles. The molecule has 0 aliphatic heterocycles. The van der Waals surface area contributed by atoms with Crippen LogP contribution in [-0.2, 0) is 6.54 Å². The molecular weight excluding hydrogens is 254 g/mol. The summed E-state index contributed by atoms with van der Waals surface area (Å²) in [6.07, 6.45) is 1.37.